The highest BCUT2D eigenvalue weighted by atomic mass is 31.0. The molecule has 2 heteroatoms. The molecule has 1 unspecified atom stereocenters. The van der Waals surface area contributed by atoms with Gasteiger partial charge in [-0.1, -0.05) is 100 Å². The van der Waals surface area contributed by atoms with Gasteiger partial charge in [0, 0.05) is 11.1 Å². The number of hydrogen-bond donors (Lipinski definition) is 0. The van der Waals surface area contributed by atoms with Crippen molar-refractivity contribution in [2.24, 2.45) is 0 Å². The fraction of sp³-hybridized carbons (Fsp3) is 0. The van der Waals surface area contributed by atoms with E-state index in [2.05, 4.69) is 9.24 Å². The Kier molecular flexibility index (Phi) is 4.80. The molecule has 112 valence electrons. The highest BCUT2D eigenvalue weighted by molar-refractivity contribution is 7.43. The Bertz CT molecular complexity index is 780. The first-order valence-corrected chi connectivity index (χ1v) is 8.05. The average molecular weight is 316 g/mol. The van der Waals surface area contributed by atoms with E-state index in [0.717, 1.165) is 22.3 Å². The van der Waals surface area contributed by atoms with Gasteiger partial charge in [0.15, 0.2) is 5.52 Å². The monoisotopic (exact) mass is 316 g/mol. The van der Waals surface area contributed by atoms with Crippen LogP contribution in [0.2, 0.25) is 0 Å². The van der Waals surface area contributed by atoms with Crippen molar-refractivity contribution in [3.8, 4) is 0 Å². The summed E-state index contributed by atoms with van der Waals surface area (Å²) in [5.74, 6) is 0. The molecule has 0 spiro atoms. The maximum absolute atomic E-state index is 12.4. The molecule has 0 radical (unpaired) electrons. The maximum Gasteiger partial charge on any atom is 0.179 e. The molecule has 3 rings (SSSR count). The number of allylic oxidation sites excluding steroid dienone is 1. The van der Waals surface area contributed by atoms with E-state index in [1.165, 1.54) is 0 Å². The van der Waals surface area contributed by atoms with Crippen LogP contribution in [0.15, 0.2) is 91.0 Å². The van der Waals surface area contributed by atoms with Gasteiger partial charge in [-0.3, -0.25) is 4.79 Å². The number of hydrogen-bond acceptors (Lipinski definition) is 1. The van der Waals surface area contributed by atoms with Crippen LogP contribution in [0.25, 0.3) is 11.1 Å². The summed E-state index contributed by atoms with van der Waals surface area (Å²) in [6.45, 7) is 0. The molecular formula is C21H17OP. The highest BCUT2D eigenvalue weighted by Gasteiger charge is 2.17. The summed E-state index contributed by atoms with van der Waals surface area (Å²) >= 11 is 0. The third-order valence-electron chi connectivity index (χ3n) is 3.68. The molecule has 0 N–H and O–H groups in total. The van der Waals surface area contributed by atoms with Crippen LogP contribution >= 0.6 is 9.24 Å². The van der Waals surface area contributed by atoms with Crippen molar-refractivity contribution >= 4 is 25.9 Å². The minimum atomic E-state index is -0.0149. The van der Waals surface area contributed by atoms with Gasteiger partial charge in [-0.25, -0.2) is 0 Å². The van der Waals surface area contributed by atoms with Crippen LogP contribution in [-0.2, 0) is 4.79 Å². The van der Waals surface area contributed by atoms with E-state index in [1.54, 1.807) is 0 Å². The van der Waals surface area contributed by atoms with Gasteiger partial charge in [0.1, 0.15) is 0 Å². The van der Waals surface area contributed by atoms with Crippen LogP contribution in [0.5, 0.6) is 0 Å². The molecule has 0 fully saturated rings. The maximum atomic E-state index is 12.4. The molecule has 0 saturated heterocycles. The fourth-order valence-electron chi connectivity index (χ4n) is 2.68. The number of carbonyl (C=O) groups is 1. The zero-order chi connectivity index (χ0) is 16.1. The van der Waals surface area contributed by atoms with E-state index in [1.807, 2.05) is 91.0 Å². The Morgan fingerprint density at radius 2 is 0.913 bits per heavy atom. The lowest BCUT2D eigenvalue weighted by Crippen LogP contribution is -2.00. The van der Waals surface area contributed by atoms with Gasteiger partial charge in [-0.15, -0.1) is 0 Å². The zero-order valence-electron chi connectivity index (χ0n) is 12.6. The normalized spacial score (nSPS) is 10.1. The Labute approximate surface area is 138 Å². The summed E-state index contributed by atoms with van der Waals surface area (Å²) in [5.41, 5.74) is 4.65. The van der Waals surface area contributed by atoms with Gasteiger partial charge in [0.05, 0.1) is 0 Å². The second-order valence-corrected chi connectivity index (χ2v) is 5.74. The lowest BCUT2D eigenvalue weighted by Gasteiger charge is -2.15. The van der Waals surface area contributed by atoms with Crippen molar-refractivity contribution in [3.63, 3.8) is 0 Å². The van der Waals surface area contributed by atoms with E-state index in [9.17, 15) is 4.79 Å². The highest BCUT2D eigenvalue weighted by Crippen LogP contribution is 2.34. The summed E-state index contributed by atoms with van der Waals surface area (Å²) in [4.78, 5) is 12.4. The van der Waals surface area contributed by atoms with Crippen LogP contribution in [0.1, 0.15) is 16.7 Å². The molecule has 0 aromatic heterocycles. The van der Waals surface area contributed by atoms with Gasteiger partial charge in [-0.05, 0) is 16.7 Å². The van der Waals surface area contributed by atoms with Gasteiger partial charge < -0.3 is 0 Å². The molecule has 1 nitrogen and oxygen atoms in total. The summed E-state index contributed by atoms with van der Waals surface area (Å²) in [5, 5.41) is 0. The molecule has 0 bridgehead atoms. The van der Waals surface area contributed by atoms with Gasteiger partial charge >= 0.3 is 0 Å². The van der Waals surface area contributed by atoms with Gasteiger partial charge in [0.25, 0.3) is 0 Å². The zero-order valence-corrected chi connectivity index (χ0v) is 13.8. The van der Waals surface area contributed by atoms with Crippen LogP contribution in [0.3, 0.4) is 0 Å². The standard InChI is InChI=1S/C21H17OP/c22-21(23)20(18-14-8-3-9-15-18)19(16-10-4-1-5-11-16)17-12-6-2-7-13-17/h1-15H,23H2. The summed E-state index contributed by atoms with van der Waals surface area (Å²) in [6.07, 6.45) is 0. The molecule has 3 aromatic rings. The molecule has 1 atom stereocenters. The van der Waals surface area contributed by atoms with Crippen molar-refractivity contribution in [2.45, 2.75) is 0 Å². The van der Waals surface area contributed by atoms with E-state index in [-0.39, 0.29) is 5.52 Å². The minimum Gasteiger partial charge on any atom is -0.290 e. The van der Waals surface area contributed by atoms with Crippen molar-refractivity contribution < 1.29 is 4.79 Å². The molecule has 0 amide bonds. The Hall–Kier alpha value is -2.50. The predicted molar refractivity (Wildman–Crippen MR) is 100.0 cm³/mol. The first-order valence-electron chi connectivity index (χ1n) is 7.47. The Morgan fingerprint density at radius 3 is 1.26 bits per heavy atom. The summed E-state index contributed by atoms with van der Waals surface area (Å²) < 4.78 is 0. The van der Waals surface area contributed by atoms with Crippen molar-refractivity contribution in [3.05, 3.63) is 108 Å². The molecule has 3 aromatic carbocycles. The SMILES string of the molecule is O=C(P)C(=C(c1ccccc1)c1ccccc1)c1ccccc1. The van der Waals surface area contributed by atoms with Crippen LogP contribution in [0, 0.1) is 0 Å². The van der Waals surface area contributed by atoms with E-state index >= 15 is 0 Å². The van der Waals surface area contributed by atoms with Crippen molar-refractivity contribution in [2.75, 3.05) is 0 Å². The smallest absolute Gasteiger partial charge is 0.179 e. The topological polar surface area (TPSA) is 17.1 Å². The minimum absolute atomic E-state index is 0.0149. The first kappa shape index (κ1) is 15.4. The summed E-state index contributed by atoms with van der Waals surface area (Å²) in [7, 11) is 2.32. The van der Waals surface area contributed by atoms with Crippen LogP contribution in [0.4, 0.5) is 0 Å². The molecule has 0 saturated carbocycles. The van der Waals surface area contributed by atoms with E-state index in [4.69, 9.17) is 0 Å². The number of carbonyl (C=O) groups excluding carboxylic acids is 1. The lowest BCUT2D eigenvalue weighted by atomic mass is 9.90. The summed E-state index contributed by atoms with van der Waals surface area (Å²) in [6, 6.07) is 29.9. The molecule has 0 aliphatic rings. The Morgan fingerprint density at radius 1 is 0.565 bits per heavy atom. The van der Waals surface area contributed by atoms with Crippen molar-refractivity contribution in [1.82, 2.24) is 0 Å². The first-order chi connectivity index (χ1) is 11.3. The van der Waals surface area contributed by atoms with Gasteiger partial charge in [0.2, 0.25) is 0 Å². The molecule has 23 heavy (non-hydrogen) atoms. The van der Waals surface area contributed by atoms with E-state index in [0.29, 0.717) is 5.57 Å². The third kappa shape index (κ3) is 3.47. The molecule has 0 aliphatic heterocycles. The number of benzene rings is 3. The second-order valence-electron chi connectivity index (χ2n) is 5.21. The predicted octanol–water partition coefficient (Wildman–Crippen LogP) is 5.05. The molecule has 0 heterocycles. The van der Waals surface area contributed by atoms with E-state index < -0.39 is 0 Å². The van der Waals surface area contributed by atoms with Crippen molar-refractivity contribution in [1.29, 1.82) is 0 Å². The quantitative estimate of drug-likeness (QED) is 0.374. The largest absolute Gasteiger partial charge is 0.290 e. The molecule has 0 aliphatic carbocycles. The Balaban J connectivity index is 2.34. The van der Waals surface area contributed by atoms with Gasteiger partial charge in [-0.2, -0.15) is 0 Å². The van der Waals surface area contributed by atoms with Crippen LogP contribution in [-0.4, -0.2) is 5.52 Å². The molecular weight excluding hydrogens is 299 g/mol. The lowest BCUT2D eigenvalue weighted by molar-refractivity contribution is -0.106. The second kappa shape index (κ2) is 7.17. The fourth-order valence-corrected chi connectivity index (χ4v) is 2.99. The number of rotatable bonds is 4. The van der Waals surface area contributed by atoms with Crippen LogP contribution < -0.4 is 0 Å². The third-order valence-corrected chi connectivity index (χ3v) is 3.97. The average Bonchev–Trinajstić information content (AvgIpc) is 2.61.